The molecule has 0 aliphatic rings. The summed E-state index contributed by atoms with van der Waals surface area (Å²) in [6.07, 6.45) is -0.913. The lowest BCUT2D eigenvalue weighted by atomic mass is 10.1. The maximum Gasteiger partial charge on any atom is 0.241 e. The first kappa shape index (κ1) is 22.5. The van der Waals surface area contributed by atoms with Crippen LogP contribution in [0.2, 0.25) is 10.0 Å². The first-order valence-corrected chi connectivity index (χ1v) is 8.49. The van der Waals surface area contributed by atoms with Crippen LogP contribution in [0.5, 0.6) is 5.75 Å². The molecule has 0 bridgehead atoms. The molecule has 5 nitrogen and oxygen atoms in total. The number of aliphatic hydroxyl groups is 1. The number of aryl methyl sites for hydroxylation is 1. The number of carbonyl (C=O) groups excluding carboxylic acids is 1. The highest BCUT2D eigenvalue weighted by Crippen LogP contribution is 2.31. The minimum Gasteiger partial charge on any atom is -0.489 e. The number of amides is 1. The monoisotopic (exact) mass is 418 g/mol. The molecule has 0 aliphatic carbocycles. The Hall–Kier alpha value is -1.50. The molecule has 0 fully saturated rings. The number of aliphatic hydroxyl groups excluding tert-OH is 1. The molecular weight excluding hydrogens is 399 g/mol. The molecule has 2 rings (SSSR count). The van der Waals surface area contributed by atoms with Gasteiger partial charge in [0.2, 0.25) is 5.91 Å². The molecule has 0 aromatic heterocycles. The molecule has 0 radical (unpaired) electrons. The number of halogens is 3. The zero-order chi connectivity index (χ0) is 18.4. The van der Waals surface area contributed by atoms with E-state index in [9.17, 15) is 9.90 Å². The maximum atomic E-state index is 12.1. The molecule has 0 aliphatic heterocycles. The van der Waals surface area contributed by atoms with Gasteiger partial charge in [0.15, 0.2) is 0 Å². The van der Waals surface area contributed by atoms with Crippen LogP contribution in [-0.2, 0) is 4.79 Å². The highest BCUT2D eigenvalue weighted by atomic mass is 35.5. The molecule has 0 saturated heterocycles. The number of nitrogens with two attached hydrogens (primary N) is 1. The Morgan fingerprint density at radius 3 is 2.54 bits per heavy atom. The number of nitrogens with one attached hydrogen (secondary N) is 1. The summed E-state index contributed by atoms with van der Waals surface area (Å²) in [4.78, 5) is 12.1. The largest absolute Gasteiger partial charge is 0.489 e. The quantitative estimate of drug-likeness (QED) is 0.643. The lowest BCUT2D eigenvalue weighted by molar-refractivity contribution is -0.123. The molecule has 142 valence electrons. The lowest BCUT2D eigenvalue weighted by Crippen LogP contribution is -2.40. The van der Waals surface area contributed by atoms with Crippen molar-refractivity contribution in [2.45, 2.75) is 19.1 Å². The Balaban J connectivity index is 0.00000338. The van der Waals surface area contributed by atoms with Crippen LogP contribution in [0, 0.1) is 6.92 Å². The predicted molar refractivity (Wildman–Crippen MR) is 106 cm³/mol. The van der Waals surface area contributed by atoms with Gasteiger partial charge in [-0.25, -0.2) is 0 Å². The van der Waals surface area contributed by atoms with E-state index in [-0.39, 0.29) is 36.5 Å². The van der Waals surface area contributed by atoms with E-state index in [2.05, 4.69) is 5.32 Å². The Morgan fingerprint density at radius 1 is 1.23 bits per heavy atom. The van der Waals surface area contributed by atoms with E-state index in [1.54, 1.807) is 30.3 Å². The van der Waals surface area contributed by atoms with Gasteiger partial charge < -0.3 is 20.9 Å². The second kappa shape index (κ2) is 10.6. The zero-order valence-corrected chi connectivity index (χ0v) is 16.4. The standard InChI is InChI=1S/C18H20Cl2N2O3.ClH/c1-11-5-7-12(8-6-11)17(21)18(24)22-9-13(23)10-25-15-4-2-3-14(19)16(15)20;/h2-8,13,17,23H,9-10,21H2,1H3,(H,22,24);1H. The first-order valence-electron chi connectivity index (χ1n) is 7.73. The first-order chi connectivity index (χ1) is 11.9. The van der Waals surface area contributed by atoms with Crippen molar-refractivity contribution < 1.29 is 14.6 Å². The average molecular weight is 420 g/mol. The van der Waals surface area contributed by atoms with E-state index in [4.69, 9.17) is 33.7 Å². The molecule has 1 amide bonds. The van der Waals surface area contributed by atoms with E-state index in [0.717, 1.165) is 5.56 Å². The summed E-state index contributed by atoms with van der Waals surface area (Å²) in [6, 6.07) is 11.6. The van der Waals surface area contributed by atoms with Crippen molar-refractivity contribution in [1.82, 2.24) is 5.32 Å². The second-order valence-corrected chi connectivity index (χ2v) is 6.44. The summed E-state index contributed by atoms with van der Waals surface area (Å²) in [5.74, 6) is -0.000379. The van der Waals surface area contributed by atoms with Crippen LogP contribution in [0.3, 0.4) is 0 Å². The van der Waals surface area contributed by atoms with Crippen LogP contribution in [0.15, 0.2) is 42.5 Å². The van der Waals surface area contributed by atoms with Crippen molar-refractivity contribution in [3.05, 3.63) is 63.6 Å². The normalized spacial score (nSPS) is 12.7. The van der Waals surface area contributed by atoms with Gasteiger partial charge in [-0.15, -0.1) is 12.4 Å². The zero-order valence-electron chi connectivity index (χ0n) is 14.1. The molecule has 2 unspecified atom stereocenters. The summed E-state index contributed by atoms with van der Waals surface area (Å²) in [6.45, 7) is 1.93. The Labute approximate surface area is 168 Å². The fourth-order valence-corrected chi connectivity index (χ4v) is 2.44. The van der Waals surface area contributed by atoms with E-state index in [1.807, 2.05) is 19.1 Å². The number of benzene rings is 2. The molecule has 2 atom stereocenters. The maximum absolute atomic E-state index is 12.1. The summed E-state index contributed by atoms with van der Waals surface area (Å²) in [7, 11) is 0. The van der Waals surface area contributed by atoms with Crippen LogP contribution in [-0.4, -0.2) is 30.3 Å². The van der Waals surface area contributed by atoms with Gasteiger partial charge in [0.25, 0.3) is 0 Å². The van der Waals surface area contributed by atoms with Crippen molar-refractivity contribution in [2.75, 3.05) is 13.2 Å². The number of ether oxygens (including phenoxy) is 1. The summed E-state index contributed by atoms with van der Waals surface area (Å²) in [5.41, 5.74) is 7.71. The van der Waals surface area contributed by atoms with Crippen molar-refractivity contribution in [1.29, 1.82) is 0 Å². The van der Waals surface area contributed by atoms with Crippen LogP contribution >= 0.6 is 35.6 Å². The van der Waals surface area contributed by atoms with Crippen LogP contribution in [0.1, 0.15) is 17.2 Å². The van der Waals surface area contributed by atoms with Gasteiger partial charge in [0.05, 0.1) is 5.02 Å². The average Bonchev–Trinajstić information content (AvgIpc) is 2.61. The molecule has 4 N–H and O–H groups in total. The number of hydrogen-bond acceptors (Lipinski definition) is 4. The fraction of sp³-hybridized carbons (Fsp3) is 0.278. The Bertz CT molecular complexity index is 726. The number of rotatable bonds is 7. The van der Waals surface area contributed by atoms with E-state index < -0.39 is 12.1 Å². The topological polar surface area (TPSA) is 84.6 Å². The van der Waals surface area contributed by atoms with Gasteiger partial charge in [0, 0.05) is 6.54 Å². The molecular formula is C18H21Cl3N2O3. The van der Waals surface area contributed by atoms with Gasteiger partial charge in [-0.3, -0.25) is 4.79 Å². The van der Waals surface area contributed by atoms with Crippen molar-refractivity contribution >= 4 is 41.5 Å². The highest BCUT2D eigenvalue weighted by Gasteiger charge is 2.17. The molecule has 8 heteroatoms. The summed E-state index contributed by atoms with van der Waals surface area (Å²) in [5, 5.41) is 13.2. The predicted octanol–water partition coefficient (Wildman–Crippen LogP) is 3.28. The third-order valence-corrected chi connectivity index (χ3v) is 4.38. The van der Waals surface area contributed by atoms with Gasteiger partial charge in [-0.1, -0.05) is 59.1 Å². The van der Waals surface area contributed by atoms with Crippen molar-refractivity contribution in [3.63, 3.8) is 0 Å². The summed E-state index contributed by atoms with van der Waals surface area (Å²) >= 11 is 11.9. The SMILES string of the molecule is Cc1ccc(C(N)C(=O)NCC(O)COc2cccc(Cl)c2Cl)cc1.Cl. The van der Waals surface area contributed by atoms with E-state index in [1.165, 1.54) is 0 Å². The van der Waals surface area contributed by atoms with Gasteiger partial charge in [-0.2, -0.15) is 0 Å². The molecule has 26 heavy (non-hydrogen) atoms. The molecule has 0 heterocycles. The van der Waals surface area contributed by atoms with Gasteiger partial charge >= 0.3 is 0 Å². The van der Waals surface area contributed by atoms with Gasteiger partial charge in [-0.05, 0) is 24.6 Å². The van der Waals surface area contributed by atoms with Crippen LogP contribution in [0.25, 0.3) is 0 Å². The molecule has 2 aromatic rings. The van der Waals surface area contributed by atoms with E-state index >= 15 is 0 Å². The third kappa shape index (κ3) is 6.34. The number of hydrogen-bond donors (Lipinski definition) is 3. The van der Waals surface area contributed by atoms with Crippen molar-refractivity contribution in [3.8, 4) is 5.75 Å². The Kier molecular flexibility index (Phi) is 9.19. The molecule has 0 saturated carbocycles. The van der Waals surface area contributed by atoms with Gasteiger partial charge in [0.1, 0.15) is 29.5 Å². The summed E-state index contributed by atoms with van der Waals surface area (Å²) < 4.78 is 5.42. The Morgan fingerprint density at radius 2 is 1.88 bits per heavy atom. The minimum atomic E-state index is -0.913. The molecule has 0 spiro atoms. The second-order valence-electron chi connectivity index (χ2n) is 5.65. The van der Waals surface area contributed by atoms with Crippen LogP contribution < -0.4 is 15.8 Å². The smallest absolute Gasteiger partial charge is 0.241 e. The van der Waals surface area contributed by atoms with Crippen molar-refractivity contribution in [2.24, 2.45) is 5.73 Å². The lowest BCUT2D eigenvalue weighted by Gasteiger charge is -2.16. The fourth-order valence-electron chi connectivity index (χ4n) is 2.09. The molecule has 2 aromatic carbocycles. The highest BCUT2D eigenvalue weighted by molar-refractivity contribution is 6.42. The van der Waals surface area contributed by atoms with Crippen LogP contribution in [0.4, 0.5) is 0 Å². The minimum absolute atomic E-state index is 0. The third-order valence-electron chi connectivity index (χ3n) is 3.58. The van der Waals surface area contributed by atoms with E-state index in [0.29, 0.717) is 16.3 Å². The number of carbonyl (C=O) groups is 1.